The maximum absolute atomic E-state index is 11.9. The van der Waals surface area contributed by atoms with E-state index < -0.39 is 0 Å². The molecule has 0 radical (unpaired) electrons. The number of nitrogens with zero attached hydrogens (tertiary/aromatic N) is 1. The van der Waals surface area contributed by atoms with Crippen LogP contribution in [0.3, 0.4) is 0 Å². The summed E-state index contributed by atoms with van der Waals surface area (Å²) in [7, 11) is 0. The minimum Gasteiger partial charge on any atom is -0.289 e. The standard InChI is InChI=1S/C16H11NO/c1-17-15-10-6-5-7-13(15)11-12-16(18)14-8-3-2-4-9-14/h2-12H. The maximum Gasteiger partial charge on any atom is 0.194 e. The lowest BCUT2D eigenvalue weighted by molar-refractivity contribution is 0.104. The number of para-hydroxylation sites is 1. The second kappa shape index (κ2) is 5.60. The molecule has 18 heavy (non-hydrogen) atoms. The van der Waals surface area contributed by atoms with Crippen molar-refractivity contribution in [3.05, 3.63) is 83.2 Å². The normalized spacial score (nSPS) is 10.2. The van der Waals surface area contributed by atoms with E-state index in [0.717, 1.165) is 5.56 Å². The summed E-state index contributed by atoms with van der Waals surface area (Å²) in [5.41, 5.74) is 1.96. The molecule has 0 aliphatic heterocycles. The van der Waals surface area contributed by atoms with Crippen LogP contribution in [0.5, 0.6) is 0 Å². The summed E-state index contributed by atoms with van der Waals surface area (Å²) in [6, 6.07) is 16.3. The zero-order valence-electron chi connectivity index (χ0n) is 9.71. The van der Waals surface area contributed by atoms with Gasteiger partial charge in [-0.05, 0) is 11.6 Å². The van der Waals surface area contributed by atoms with Crippen LogP contribution in [0.2, 0.25) is 0 Å². The van der Waals surface area contributed by atoms with Crippen LogP contribution in [0.25, 0.3) is 10.9 Å². The van der Waals surface area contributed by atoms with Crippen LogP contribution in [-0.4, -0.2) is 5.78 Å². The SMILES string of the molecule is [C-]#[N+]c1ccccc1C=CC(=O)c1ccccc1. The molecule has 2 aromatic carbocycles. The Morgan fingerprint density at radius 1 is 1.00 bits per heavy atom. The fraction of sp³-hybridized carbons (Fsp3) is 0. The third-order valence-corrected chi connectivity index (χ3v) is 2.53. The van der Waals surface area contributed by atoms with Crippen molar-refractivity contribution in [3.63, 3.8) is 0 Å². The zero-order valence-corrected chi connectivity index (χ0v) is 9.71. The summed E-state index contributed by atoms with van der Waals surface area (Å²) >= 11 is 0. The van der Waals surface area contributed by atoms with Gasteiger partial charge in [-0.15, -0.1) is 0 Å². The number of hydrogen-bond donors (Lipinski definition) is 0. The zero-order chi connectivity index (χ0) is 12.8. The Bertz CT molecular complexity index is 621. The van der Waals surface area contributed by atoms with E-state index in [2.05, 4.69) is 4.85 Å². The van der Waals surface area contributed by atoms with Gasteiger partial charge in [0.1, 0.15) is 0 Å². The summed E-state index contributed by atoms with van der Waals surface area (Å²) in [6.07, 6.45) is 3.18. The average molecular weight is 233 g/mol. The molecule has 0 atom stereocenters. The highest BCUT2D eigenvalue weighted by Crippen LogP contribution is 2.19. The molecule has 0 heterocycles. The molecule has 2 nitrogen and oxygen atoms in total. The monoisotopic (exact) mass is 233 g/mol. The summed E-state index contributed by atoms with van der Waals surface area (Å²) < 4.78 is 0. The molecule has 0 spiro atoms. The lowest BCUT2D eigenvalue weighted by Crippen LogP contribution is -1.92. The second-order valence-corrected chi connectivity index (χ2v) is 3.73. The van der Waals surface area contributed by atoms with E-state index in [9.17, 15) is 4.79 Å². The van der Waals surface area contributed by atoms with Crippen molar-refractivity contribution in [2.24, 2.45) is 0 Å². The van der Waals surface area contributed by atoms with Gasteiger partial charge < -0.3 is 0 Å². The van der Waals surface area contributed by atoms with Crippen molar-refractivity contribution in [2.45, 2.75) is 0 Å². The number of ketones is 1. The molecule has 2 rings (SSSR count). The molecule has 0 aromatic heterocycles. The first kappa shape index (κ1) is 11.8. The van der Waals surface area contributed by atoms with E-state index in [0.29, 0.717) is 11.3 Å². The largest absolute Gasteiger partial charge is 0.289 e. The van der Waals surface area contributed by atoms with Crippen molar-refractivity contribution in [3.8, 4) is 0 Å². The third-order valence-electron chi connectivity index (χ3n) is 2.53. The van der Waals surface area contributed by atoms with Crippen LogP contribution < -0.4 is 0 Å². The number of carbonyl (C=O) groups excluding carboxylic acids is 1. The lowest BCUT2D eigenvalue weighted by Gasteiger charge is -1.97. The van der Waals surface area contributed by atoms with Crippen LogP contribution in [0, 0.1) is 6.57 Å². The molecule has 0 amide bonds. The number of benzene rings is 2. The first-order valence-electron chi connectivity index (χ1n) is 5.55. The van der Waals surface area contributed by atoms with Crippen LogP contribution in [0.15, 0.2) is 60.7 Å². The minimum atomic E-state index is -0.0598. The van der Waals surface area contributed by atoms with Gasteiger partial charge in [0.25, 0.3) is 0 Å². The molecule has 0 N–H and O–H groups in total. The summed E-state index contributed by atoms with van der Waals surface area (Å²) in [6.45, 7) is 7.04. The lowest BCUT2D eigenvalue weighted by atomic mass is 10.1. The highest BCUT2D eigenvalue weighted by molar-refractivity contribution is 6.07. The molecule has 0 fully saturated rings. The van der Waals surface area contributed by atoms with Gasteiger partial charge in [0, 0.05) is 5.56 Å². The van der Waals surface area contributed by atoms with Gasteiger partial charge in [-0.3, -0.25) is 4.79 Å². The Balaban J connectivity index is 2.22. The van der Waals surface area contributed by atoms with Crippen LogP contribution >= 0.6 is 0 Å². The van der Waals surface area contributed by atoms with Crippen LogP contribution in [-0.2, 0) is 0 Å². The van der Waals surface area contributed by atoms with E-state index in [4.69, 9.17) is 6.57 Å². The third kappa shape index (κ3) is 2.72. The van der Waals surface area contributed by atoms with Crippen molar-refractivity contribution < 1.29 is 4.79 Å². The van der Waals surface area contributed by atoms with Gasteiger partial charge in [-0.2, -0.15) is 0 Å². The fourth-order valence-electron chi connectivity index (χ4n) is 1.59. The van der Waals surface area contributed by atoms with Gasteiger partial charge in [0.2, 0.25) is 0 Å². The summed E-state index contributed by atoms with van der Waals surface area (Å²) in [5, 5.41) is 0. The minimum absolute atomic E-state index is 0.0598. The predicted octanol–water partition coefficient (Wildman–Crippen LogP) is 4.13. The van der Waals surface area contributed by atoms with Crippen LogP contribution in [0.1, 0.15) is 15.9 Å². The van der Waals surface area contributed by atoms with E-state index in [1.54, 1.807) is 24.3 Å². The highest BCUT2D eigenvalue weighted by atomic mass is 16.1. The number of allylic oxidation sites excluding steroid dienone is 1. The quantitative estimate of drug-likeness (QED) is 0.443. The van der Waals surface area contributed by atoms with Gasteiger partial charge >= 0.3 is 0 Å². The van der Waals surface area contributed by atoms with E-state index in [1.165, 1.54) is 6.08 Å². The van der Waals surface area contributed by atoms with E-state index >= 15 is 0 Å². The first-order valence-corrected chi connectivity index (χ1v) is 5.55. The van der Waals surface area contributed by atoms with Crippen LogP contribution in [0.4, 0.5) is 5.69 Å². The smallest absolute Gasteiger partial charge is 0.194 e. The molecule has 0 unspecified atom stereocenters. The van der Waals surface area contributed by atoms with Gasteiger partial charge in [0.05, 0.1) is 6.57 Å². The Morgan fingerprint density at radius 2 is 1.67 bits per heavy atom. The maximum atomic E-state index is 11.9. The Kier molecular flexibility index (Phi) is 3.68. The molecular weight excluding hydrogens is 222 g/mol. The summed E-state index contributed by atoms with van der Waals surface area (Å²) in [4.78, 5) is 15.3. The molecule has 86 valence electrons. The molecule has 0 aliphatic carbocycles. The van der Waals surface area contributed by atoms with Crippen molar-refractivity contribution in [1.29, 1.82) is 0 Å². The average Bonchev–Trinajstić information content (AvgIpc) is 2.46. The molecule has 2 aromatic rings. The van der Waals surface area contributed by atoms with Gasteiger partial charge in [-0.1, -0.05) is 60.7 Å². The number of rotatable bonds is 3. The molecule has 0 aliphatic rings. The van der Waals surface area contributed by atoms with Crippen molar-refractivity contribution in [1.82, 2.24) is 0 Å². The Hall–Kier alpha value is -2.66. The Morgan fingerprint density at radius 3 is 2.39 bits per heavy atom. The number of carbonyl (C=O) groups is 1. The van der Waals surface area contributed by atoms with E-state index in [1.807, 2.05) is 36.4 Å². The van der Waals surface area contributed by atoms with E-state index in [-0.39, 0.29) is 5.78 Å². The number of hydrogen-bond acceptors (Lipinski definition) is 1. The van der Waals surface area contributed by atoms with Crippen molar-refractivity contribution >= 4 is 17.5 Å². The van der Waals surface area contributed by atoms with Gasteiger partial charge in [-0.25, -0.2) is 4.85 Å². The molecule has 2 heteroatoms. The molecular formula is C16H11NO. The predicted molar refractivity (Wildman–Crippen MR) is 72.5 cm³/mol. The van der Waals surface area contributed by atoms with Gasteiger partial charge in [0.15, 0.2) is 11.5 Å². The van der Waals surface area contributed by atoms with Crippen molar-refractivity contribution in [2.75, 3.05) is 0 Å². The second-order valence-electron chi connectivity index (χ2n) is 3.73. The molecule has 0 bridgehead atoms. The first-order chi connectivity index (χ1) is 8.81. The summed E-state index contributed by atoms with van der Waals surface area (Å²) in [5.74, 6) is -0.0598. The Labute approximate surface area is 106 Å². The molecule has 0 saturated heterocycles. The fourth-order valence-corrected chi connectivity index (χ4v) is 1.59. The highest BCUT2D eigenvalue weighted by Gasteiger charge is 2.01. The molecule has 0 saturated carbocycles. The topological polar surface area (TPSA) is 21.4 Å².